The quantitative estimate of drug-likeness (QED) is 0.751. The zero-order valence-corrected chi connectivity index (χ0v) is 12.2. The minimum atomic E-state index is -0.246. The van der Waals surface area contributed by atoms with E-state index in [0.717, 1.165) is 19.4 Å². The summed E-state index contributed by atoms with van der Waals surface area (Å²) in [7, 11) is 0. The molecular formula is C14H29N2O. The standard InChI is InChI=1S/C14H29N2O/c1-6-7-8-9-15-12-10-13(2,3)16(17)14(4,5)11-12/h12,15H,6-11H2,1-5H3. The molecule has 1 radical (unpaired) electrons. The number of unbranched alkanes of at least 4 members (excludes halogenated alkanes) is 2. The first-order valence-corrected chi connectivity index (χ1v) is 7.00. The molecule has 0 unspecified atom stereocenters. The third-order valence-corrected chi connectivity index (χ3v) is 3.80. The summed E-state index contributed by atoms with van der Waals surface area (Å²) in [6.07, 6.45) is 5.70. The highest BCUT2D eigenvalue weighted by Crippen LogP contribution is 2.36. The summed E-state index contributed by atoms with van der Waals surface area (Å²) in [5.41, 5.74) is -0.492. The van der Waals surface area contributed by atoms with Crippen LogP contribution in [0.2, 0.25) is 0 Å². The molecule has 3 heteroatoms. The van der Waals surface area contributed by atoms with Crippen molar-refractivity contribution in [2.45, 2.75) is 83.8 Å². The van der Waals surface area contributed by atoms with Crippen molar-refractivity contribution in [3.05, 3.63) is 0 Å². The topological polar surface area (TPSA) is 35.2 Å². The van der Waals surface area contributed by atoms with Crippen molar-refractivity contribution in [1.29, 1.82) is 0 Å². The fourth-order valence-electron chi connectivity index (χ4n) is 3.09. The zero-order valence-electron chi connectivity index (χ0n) is 12.2. The molecule has 0 spiro atoms. The van der Waals surface area contributed by atoms with Crippen molar-refractivity contribution in [3.8, 4) is 0 Å². The lowest BCUT2D eigenvalue weighted by Crippen LogP contribution is -2.61. The summed E-state index contributed by atoms with van der Waals surface area (Å²) in [5.74, 6) is 0. The molecule has 101 valence electrons. The highest BCUT2D eigenvalue weighted by atomic mass is 16.5. The van der Waals surface area contributed by atoms with Gasteiger partial charge >= 0.3 is 0 Å². The van der Waals surface area contributed by atoms with Crippen LogP contribution >= 0.6 is 0 Å². The van der Waals surface area contributed by atoms with E-state index in [1.165, 1.54) is 24.3 Å². The molecule has 1 rings (SSSR count). The summed E-state index contributed by atoms with van der Waals surface area (Å²) < 4.78 is 0. The van der Waals surface area contributed by atoms with Gasteiger partial charge < -0.3 is 5.32 Å². The number of rotatable bonds is 5. The predicted octanol–water partition coefficient (Wildman–Crippen LogP) is 3.13. The van der Waals surface area contributed by atoms with E-state index >= 15 is 0 Å². The number of hydrogen-bond acceptors (Lipinski definition) is 2. The molecule has 0 aromatic carbocycles. The second-order valence-electron chi connectivity index (χ2n) is 6.69. The molecular weight excluding hydrogens is 212 g/mol. The Morgan fingerprint density at radius 1 is 1.12 bits per heavy atom. The van der Waals surface area contributed by atoms with Gasteiger partial charge in [-0.2, -0.15) is 0 Å². The zero-order chi connectivity index (χ0) is 13.1. The molecule has 1 saturated heterocycles. The first-order chi connectivity index (χ1) is 7.79. The van der Waals surface area contributed by atoms with Gasteiger partial charge in [-0.3, -0.25) is 0 Å². The van der Waals surface area contributed by atoms with Gasteiger partial charge in [0.2, 0.25) is 0 Å². The van der Waals surface area contributed by atoms with E-state index in [-0.39, 0.29) is 11.1 Å². The number of nitrogens with zero attached hydrogens (tertiary/aromatic N) is 1. The van der Waals surface area contributed by atoms with E-state index in [4.69, 9.17) is 0 Å². The Balaban J connectivity index is 2.48. The Kier molecular flexibility index (Phi) is 4.99. The first-order valence-electron chi connectivity index (χ1n) is 7.00. The van der Waals surface area contributed by atoms with Crippen LogP contribution < -0.4 is 5.32 Å². The third-order valence-electron chi connectivity index (χ3n) is 3.80. The molecule has 0 aromatic rings. The largest absolute Gasteiger partial charge is 0.314 e. The smallest absolute Gasteiger partial charge is 0.0458 e. The molecule has 3 nitrogen and oxygen atoms in total. The summed E-state index contributed by atoms with van der Waals surface area (Å²) in [5, 5.41) is 17.1. The Labute approximate surface area is 107 Å². The van der Waals surface area contributed by atoms with Gasteiger partial charge in [0.05, 0.1) is 0 Å². The van der Waals surface area contributed by atoms with Crippen molar-refractivity contribution in [3.63, 3.8) is 0 Å². The summed E-state index contributed by atoms with van der Waals surface area (Å²) in [6, 6.07) is 0.488. The summed E-state index contributed by atoms with van der Waals surface area (Å²) >= 11 is 0. The molecule has 1 aliphatic heterocycles. The molecule has 1 aliphatic rings. The third kappa shape index (κ3) is 3.94. The van der Waals surface area contributed by atoms with Crippen LogP contribution in [0, 0.1) is 0 Å². The van der Waals surface area contributed by atoms with Crippen molar-refractivity contribution in [2.75, 3.05) is 6.54 Å². The van der Waals surface area contributed by atoms with Crippen molar-refractivity contribution in [1.82, 2.24) is 10.4 Å². The molecule has 0 atom stereocenters. The van der Waals surface area contributed by atoms with Crippen molar-refractivity contribution < 1.29 is 5.21 Å². The fourth-order valence-corrected chi connectivity index (χ4v) is 3.09. The van der Waals surface area contributed by atoms with E-state index in [1.807, 2.05) is 0 Å². The fraction of sp³-hybridized carbons (Fsp3) is 1.00. The molecule has 17 heavy (non-hydrogen) atoms. The lowest BCUT2D eigenvalue weighted by Gasteiger charge is -2.50. The lowest BCUT2D eigenvalue weighted by molar-refractivity contribution is -0.290. The first kappa shape index (κ1) is 14.9. The second kappa shape index (κ2) is 5.68. The van der Waals surface area contributed by atoms with Gasteiger partial charge in [0, 0.05) is 17.1 Å². The van der Waals surface area contributed by atoms with E-state index < -0.39 is 0 Å². The molecule has 0 bridgehead atoms. The molecule has 0 saturated carbocycles. The maximum Gasteiger partial charge on any atom is 0.0458 e. The average molecular weight is 241 g/mol. The average Bonchev–Trinajstić information content (AvgIpc) is 2.20. The number of piperidine rings is 1. The van der Waals surface area contributed by atoms with Crippen molar-refractivity contribution in [2.24, 2.45) is 0 Å². The van der Waals surface area contributed by atoms with E-state index in [2.05, 4.69) is 39.9 Å². The van der Waals surface area contributed by atoms with Crippen molar-refractivity contribution >= 4 is 0 Å². The van der Waals surface area contributed by atoms with Crippen LogP contribution in [0.1, 0.15) is 66.7 Å². The minimum absolute atomic E-state index is 0.246. The molecule has 0 aromatic heterocycles. The minimum Gasteiger partial charge on any atom is -0.314 e. The van der Waals surface area contributed by atoms with Crippen LogP contribution in [-0.4, -0.2) is 28.7 Å². The van der Waals surface area contributed by atoms with Gasteiger partial charge in [-0.25, -0.2) is 0 Å². The van der Waals surface area contributed by atoms with Gasteiger partial charge in [-0.1, -0.05) is 19.8 Å². The van der Waals surface area contributed by atoms with Crippen LogP contribution in [-0.2, 0) is 5.21 Å². The maximum atomic E-state index is 12.2. The van der Waals surface area contributed by atoms with Crippen LogP contribution in [0.5, 0.6) is 0 Å². The molecule has 0 aliphatic carbocycles. The van der Waals surface area contributed by atoms with E-state index in [1.54, 1.807) is 0 Å². The second-order valence-corrected chi connectivity index (χ2v) is 6.69. The number of nitrogens with one attached hydrogen (secondary N) is 1. The molecule has 1 fully saturated rings. The van der Waals surface area contributed by atoms with Crippen LogP contribution in [0.4, 0.5) is 0 Å². The van der Waals surface area contributed by atoms with Gasteiger partial charge in [0.15, 0.2) is 0 Å². The molecule has 1 heterocycles. The molecule has 1 N–H and O–H groups in total. The van der Waals surface area contributed by atoms with Gasteiger partial charge in [-0.05, 0) is 53.5 Å². The Morgan fingerprint density at radius 3 is 2.12 bits per heavy atom. The predicted molar refractivity (Wildman–Crippen MR) is 71.2 cm³/mol. The van der Waals surface area contributed by atoms with Crippen LogP contribution in [0.3, 0.4) is 0 Å². The number of hydrogen-bond donors (Lipinski definition) is 1. The monoisotopic (exact) mass is 241 g/mol. The Hall–Kier alpha value is -0.120. The highest BCUT2D eigenvalue weighted by Gasteiger charge is 2.45. The SMILES string of the molecule is CCCCCNC1CC(C)(C)N([O])C(C)(C)C1. The molecule has 0 amide bonds. The summed E-state index contributed by atoms with van der Waals surface area (Å²) in [4.78, 5) is 0. The summed E-state index contributed by atoms with van der Waals surface area (Å²) in [6.45, 7) is 11.5. The van der Waals surface area contributed by atoms with Crippen LogP contribution in [0.25, 0.3) is 0 Å². The maximum absolute atomic E-state index is 12.2. The van der Waals surface area contributed by atoms with Gasteiger partial charge in [0.1, 0.15) is 0 Å². The lowest BCUT2D eigenvalue weighted by atomic mass is 9.79. The van der Waals surface area contributed by atoms with Crippen LogP contribution in [0.15, 0.2) is 0 Å². The van der Waals surface area contributed by atoms with Gasteiger partial charge in [-0.15, -0.1) is 10.3 Å². The van der Waals surface area contributed by atoms with E-state index in [9.17, 15) is 5.21 Å². The highest BCUT2D eigenvalue weighted by molar-refractivity contribution is 4.98. The Bertz CT molecular complexity index is 220. The normalized spacial score (nSPS) is 25.1. The van der Waals surface area contributed by atoms with E-state index in [0.29, 0.717) is 6.04 Å². The van der Waals surface area contributed by atoms with Gasteiger partial charge in [0.25, 0.3) is 0 Å². The Morgan fingerprint density at radius 2 is 1.65 bits per heavy atom. The number of hydroxylamine groups is 2.